The van der Waals surface area contributed by atoms with E-state index in [1.165, 1.54) is 24.3 Å². The predicted molar refractivity (Wildman–Crippen MR) is 120 cm³/mol. The Kier molecular flexibility index (Phi) is 9.36. The molecule has 1 unspecified atom stereocenters. The second-order valence-corrected chi connectivity index (χ2v) is 8.51. The molecular formula is C20H25N2O7PS. The SMILES string of the molecule is O=C(CNP(=O)(Oc1ccccc1)Oc1ccc([N+](=O)[O-])cc1)OC1CCCCC1.S. The molecule has 1 fully saturated rings. The van der Waals surface area contributed by atoms with Gasteiger partial charge in [-0.05, 0) is 49.9 Å². The molecule has 0 amide bonds. The van der Waals surface area contributed by atoms with Crippen LogP contribution < -0.4 is 14.1 Å². The van der Waals surface area contributed by atoms with Gasteiger partial charge in [-0.15, -0.1) is 0 Å². The van der Waals surface area contributed by atoms with Gasteiger partial charge in [0.05, 0.1) is 4.92 Å². The zero-order valence-corrected chi connectivity index (χ0v) is 18.7. The van der Waals surface area contributed by atoms with E-state index in [4.69, 9.17) is 13.8 Å². The number of hydrogen-bond donors (Lipinski definition) is 1. The monoisotopic (exact) mass is 468 g/mol. The van der Waals surface area contributed by atoms with Crippen molar-refractivity contribution in [3.8, 4) is 11.5 Å². The molecule has 168 valence electrons. The maximum atomic E-state index is 13.3. The second-order valence-electron chi connectivity index (χ2n) is 6.83. The molecule has 1 N–H and O–H groups in total. The molecule has 9 nitrogen and oxygen atoms in total. The minimum Gasteiger partial charge on any atom is -0.461 e. The minimum atomic E-state index is -4.03. The van der Waals surface area contributed by atoms with E-state index < -0.39 is 18.6 Å². The van der Waals surface area contributed by atoms with Crippen molar-refractivity contribution >= 4 is 32.9 Å². The molecule has 2 aromatic carbocycles. The highest BCUT2D eigenvalue weighted by Gasteiger charge is 2.30. The van der Waals surface area contributed by atoms with E-state index in [1.54, 1.807) is 30.3 Å². The Bertz CT molecular complexity index is 906. The number of nitro groups is 1. The number of nitro benzene ring substituents is 1. The Labute approximate surface area is 187 Å². The lowest BCUT2D eigenvalue weighted by molar-refractivity contribution is -0.384. The molecule has 0 radical (unpaired) electrons. The van der Waals surface area contributed by atoms with Gasteiger partial charge in [-0.1, -0.05) is 24.6 Å². The van der Waals surface area contributed by atoms with Gasteiger partial charge in [-0.25, -0.2) is 4.57 Å². The number of esters is 1. The summed E-state index contributed by atoms with van der Waals surface area (Å²) in [7, 11) is -4.03. The molecule has 3 rings (SSSR count). The summed E-state index contributed by atoms with van der Waals surface area (Å²) in [6.45, 7) is -0.367. The van der Waals surface area contributed by atoms with Gasteiger partial charge in [0.1, 0.15) is 24.1 Å². The number of carbonyl (C=O) groups excluding carboxylic acids is 1. The van der Waals surface area contributed by atoms with E-state index >= 15 is 0 Å². The summed E-state index contributed by atoms with van der Waals surface area (Å²) in [5.41, 5.74) is -0.134. The van der Waals surface area contributed by atoms with Crippen molar-refractivity contribution in [2.24, 2.45) is 0 Å². The van der Waals surface area contributed by atoms with Gasteiger partial charge in [-0.3, -0.25) is 14.9 Å². The molecule has 0 aromatic heterocycles. The van der Waals surface area contributed by atoms with Crippen LogP contribution in [-0.4, -0.2) is 23.5 Å². The third-order valence-corrected chi connectivity index (χ3v) is 5.96. The molecule has 0 bridgehead atoms. The van der Waals surface area contributed by atoms with E-state index in [0.29, 0.717) is 0 Å². The molecule has 0 aliphatic heterocycles. The van der Waals surface area contributed by atoms with Crippen LogP contribution in [0.5, 0.6) is 11.5 Å². The van der Waals surface area contributed by atoms with Crippen molar-refractivity contribution in [1.82, 2.24) is 5.09 Å². The first-order valence-electron chi connectivity index (χ1n) is 9.67. The first kappa shape index (κ1) is 24.7. The Morgan fingerprint density at radius 3 is 2.16 bits per heavy atom. The number of nitrogens with zero attached hydrogens (tertiary/aromatic N) is 1. The number of para-hydroxylation sites is 1. The third-order valence-electron chi connectivity index (χ3n) is 4.51. The average molecular weight is 468 g/mol. The Hall–Kier alpha value is -2.55. The fraction of sp³-hybridized carbons (Fsp3) is 0.350. The van der Waals surface area contributed by atoms with Crippen molar-refractivity contribution in [3.63, 3.8) is 0 Å². The molecular weight excluding hydrogens is 443 g/mol. The fourth-order valence-corrected chi connectivity index (χ4v) is 4.33. The summed E-state index contributed by atoms with van der Waals surface area (Å²) in [5, 5.41) is 13.3. The van der Waals surface area contributed by atoms with Crippen LogP contribution in [0.25, 0.3) is 0 Å². The van der Waals surface area contributed by atoms with Crippen LogP contribution in [-0.2, 0) is 14.1 Å². The lowest BCUT2D eigenvalue weighted by Gasteiger charge is -2.23. The summed E-state index contributed by atoms with van der Waals surface area (Å²) in [6, 6.07) is 13.4. The number of carbonyl (C=O) groups is 1. The second kappa shape index (κ2) is 11.7. The number of rotatable bonds is 9. The molecule has 1 saturated carbocycles. The van der Waals surface area contributed by atoms with Gasteiger partial charge < -0.3 is 13.8 Å². The van der Waals surface area contributed by atoms with Crippen LogP contribution in [0.3, 0.4) is 0 Å². The van der Waals surface area contributed by atoms with E-state index in [0.717, 1.165) is 32.1 Å². The van der Waals surface area contributed by atoms with Gasteiger partial charge in [-0.2, -0.15) is 18.6 Å². The number of ether oxygens (including phenoxy) is 1. The van der Waals surface area contributed by atoms with E-state index in [1.807, 2.05) is 0 Å². The molecule has 1 aliphatic rings. The summed E-state index contributed by atoms with van der Waals surface area (Å²) in [5.74, 6) is -0.185. The van der Waals surface area contributed by atoms with Crippen LogP contribution in [0.1, 0.15) is 32.1 Å². The fourth-order valence-electron chi connectivity index (χ4n) is 3.04. The summed E-state index contributed by atoms with van der Waals surface area (Å²) >= 11 is 0. The zero-order valence-electron chi connectivity index (χ0n) is 16.8. The number of non-ortho nitro benzene ring substituents is 1. The van der Waals surface area contributed by atoms with E-state index in [9.17, 15) is 19.5 Å². The van der Waals surface area contributed by atoms with Crippen LogP contribution in [0.2, 0.25) is 0 Å². The lowest BCUT2D eigenvalue weighted by atomic mass is 9.98. The molecule has 0 heterocycles. The van der Waals surface area contributed by atoms with Gasteiger partial charge in [0.15, 0.2) is 0 Å². The molecule has 0 spiro atoms. The number of nitrogens with one attached hydrogen (secondary N) is 1. The molecule has 11 heteroatoms. The van der Waals surface area contributed by atoms with E-state index in [-0.39, 0.29) is 43.3 Å². The number of benzene rings is 2. The highest BCUT2D eigenvalue weighted by molar-refractivity contribution is 7.59. The first-order valence-corrected chi connectivity index (χ1v) is 11.2. The van der Waals surface area contributed by atoms with Crippen LogP contribution in [0, 0.1) is 10.1 Å². The summed E-state index contributed by atoms with van der Waals surface area (Å²) < 4.78 is 29.7. The normalized spacial score (nSPS) is 15.7. The van der Waals surface area contributed by atoms with Gasteiger partial charge in [0, 0.05) is 12.1 Å². The van der Waals surface area contributed by atoms with Crippen molar-refractivity contribution < 1.29 is 28.1 Å². The molecule has 1 atom stereocenters. The largest absolute Gasteiger partial charge is 0.513 e. The topological polar surface area (TPSA) is 117 Å². The zero-order chi connectivity index (χ0) is 21.4. The molecule has 2 aromatic rings. The average Bonchev–Trinajstić information content (AvgIpc) is 2.74. The van der Waals surface area contributed by atoms with Crippen molar-refractivity contribution in [2.75, 3.05) is 6.54 Å². The quantitative estimate of drug-likeness (QED) is 0.243. The highest BCUT2D eigenvalue weighted by atomic mass is 32.1. The smallest absolute Gasteiger partial charge is 0.461 e. The Morgan fingerprint density at radius 1 is 1.00 bits per heavy atom. The maximum Gasteiger partial charge on any atom is 0.513 e. The summed E-state index contributed by atoms with van der Waals surface area (Å²) in [6.07, 6.45) is 4.69. The van der Waals surface area contributed by atoms with Crippen molar-refractivity contribution in [2.45, 2.75) is 38.2 Å². The van der Waals surface area contributed by atoms with Crippen LogP contribution >= 0.6 is 21.2 Å². The first-order chi connectivity index (χ1) is 14.4. The van der Waals surface area contributed by atoms with E-state index in [2.05, 4.69) is 5.09 Å². The van der Waals surface area contributed by atoms with Gasteiger partial charge in [0.2, 0.25) is 0 Å². The molecule has 0 saturated heterocycles. The van der Waals surface area contributed by atoms with Gasteiger partial charge in [0.25, 0.3) is 5.69 Å². The summed E-state index contributed by atoms with van der Waals surface area (Å²) in [4.78, 5) is 22.4. The van der Waals surface area contributed by atoms with Crippen LogP contribution in [0.4, 0.5) is 5.69 Å². The Morgan fingerprint density at radius 2 is 1.58 bits per heavy atom. The third kappa shape index (κ3) is 7.90. The highest BCUT2D eigenvalue weighted by Crippen LogP contribution is 2.44. The molecule has 1 aliphatic carbocycles. The van der Waals surface area contributed by atoms with Crippen molar-refractivity contribution in [3.05, 3.63) is 64.7 Å². The molecule has 31 heavy (non-hydrogen) atoms. The maximum absolute atomic E-state index is 13.3. The van der Waals surface area contributed by atoms with Gasteiger partial charge >= 0.3 is 13.7 Å². The van der Waals surface area contributed by atoms with Crippen molar-refractivity contribution in [1.29, 1.82) is 0 Å². The van der Waals surface area contributed by atoms with Crippen LogP contribution in [0.15, 0.2) is 54.6 Å². The lowest BCUT2D eigenvalue weighted by Crippen LogP contribution is -2.30. The predicted octanol–water partition coefficient (Wildman–Crippen LogP) is 4.74. The number of hydrogen-bond acceptors (Lipinski definition) is 7. The Balaban J connectivity index is 0.00000341. The minimum absolute atomic E-state index is 0. The standard InChI is InChI=1S/C20H23N2O7P.H2S/c23-20(27-17-7-3-1-4-8-17)15-21-30(26,28-18-9-5-2-6-10-18)29-19-13-11-16(12-14-19)22(24)25;/h2,5-6,9-14,17H,1,3-4,7-8,15H2,(H,21,26);1H2.